The van der Waals surface area contributed by atoms with E-state index in [-0.39, 0.29) is 15.6 Å². The van der Waals surface area contributed by atoms with Gasteiger partial charge in [-0.05, 0) is 31.5 Å². The summed E-state index contributed by atoms with van der Waals surface area (Å²) < 4.78 is 0. The second-order valence-electron chi connectivity index (χ2n) is 4.09. The fourth-order valence-corrected chi connectivity index (χ4v) is 2.33. The van der Waals surface area contributed by atoms with Gasteiger partial charge in [-0.15, -0.1) is 0 Å². The third-order valence-corrected chi connectivity index (χ3v) is 3.32. The molecule has 0 bridgehead atoms. The summed E-state index contributed by atoms with van der Waals surface area (Å²) in [4.78, 5) is 12.8. The maximum Gasteiger partial charge on any atom is 0.291 e. The van der Waals surface area contributed by atoms with E-state index in [4.69, 9.17) is 11.6 Å². The van der Waals surface area contributed by atoms with Crippen LogP contribution in [0.4, 0.5) is 5.69 Å². The second kappa shape index (κ2) is 4.39. The minimum atomic E-state index is -0.369. The van der Waals surface area contributed by atoms with Crippen LogP contribution in [0, 0.1) is 10.1 Å². The van der Waals surface area contributed by atoms with Crippen LogP contribution in [0.2, 0.25) is 5.02 Å². The van der Waals surface area contributed by atoms with Gasteiger partial charge in [0, 0.05) is 18.7 Å². The molecule has 1 heterocycles. The molecule has 0 aromatic heterocycles. The van der Waals surface area contributed by atoms with Crippen molar-refractivity contribution in [3.63, 3.8) is 0 Å². The monoisotopic (exact) mass is 240 g/mol. The quantitative estimate of drug-likeness (QED) is 0.559. The van der Waals surface area contributed by atoms with E-state index in [0.717, 1.165) is 30.6 Å². The third kappa shape index (κ3) is 2.03. The van der Waals surface area contributed by atoms with Crippen LogP contribution in [0.5, 0.6) is 0 Å². The lowest BCUT2D eigenvalue weighted by Gasteiger charge is -2.10. The number of nitrogens with zero attached hydrogens (tertiary/aromatic N) is 2. The molecular formula is C11H13ClN2O2. The van der Waals surface area contributed by atoms with Crippen molar-refractivity contribution in [3.8, 4) is 0 Å². The zero-order valence-electron chi connectivity index (χ0n) is 9.07. The van der Waals surface area contributed by atoms with Crippen molar-refractivity contribution in [1.29, 1.82) is 0 Å². The number of hydrogen-bond donors (Lipinski definition) is 0. The Morgan fingerprint density at radius 1 is 1.38 bits per heavy atom. The fraction of sp³-hybridized carbons (Fsp3) is 0.455. The maximum absolute atomic E-state index is 11.0. The lowest BCUT2D eigenvalue weighted by molar-refractivity contribution is -0.385. The number of nitro benzene ring substituents is 1. The molecule has 0 fully saturated rings. The van der Waals surface area contributed by atoms with Crippen molar-refractivity contribution in [1.82, 2.24) is 4.90 Å². The van der Waals surface area contributed by atoms with Gasteiger partial charge >= 0.3 is 0 Å². The van der Waals surface area contributed by atoms with Crippen molar-refractivity contribution < 1.29 is 4.92 Å². The van der Waals surface area contributed by atoms with E-state index in [0.29, 0.717) is 6.42 Å². The largest absolute Gasteiger partial charge is 0.306 e. The molecule has 0 unspecified atom stereocenters. The van der Waals surface area contributed by atoms with Gasteiger partial charge in [0.2, 0.25) is 0 Å². The molecule has 2 rings (SSSR count). The maximum atomic E-state index is 11.0. The van der Waals surface area contributed by atoms with E-state index in [1.807, 2.05) is 13.1 Å². The molecule has 16 heavy (non-hydrogen) atoms. The molecule has 4 nitrogen and oxygen atoms in total. The smallest absolute Gasteiger partial charge is 0.291 e. The number of rotatable bonds is 1. The first kappa shape index (κ1) is 11.4. The van der Waals surface area contributed by atoms with Gasteiger partial charge in [-0.1, -0.05) is 17.7 Å². The van der Waals surface area contributed by atoms with Crippen LogP contribution in [-0.2, 0) is 12.8 Å². The number of halogens is 1. The minimum absolute atomic E-state index is 0.0921. The van der Waals surface area contributed by atoms with Crippen LogP contribution >= 0.6 is 11.6 Å². The summed E-state index contributed by atoms with van der Waals surface area (Å²) in [6, 6.07) is 3.54. The lowest BCUT2D eigenvalue weighted by Crippen LogP contribution is -2.20. The predicted molar refractivity (Wildman–Crippen MR) is 63.0 cm³/mol. The van der Waals surface area contributed by atoms with Crippen molar-refractivity contribution in [2.24, 2.45) is 0 Å². The summed E-state index contributed by atoms with van der Waals surface area (Å²) in [5.74, 6) is 0. The Hall–Kier alpha value is -1.13. The topological polar surface area (TPSA) is 46.4 Å². The molecule has 1 aromatic rings. The molecule has 0 atom stereocenters. The molecule has 1 aliphatic rings. The molecule has 0 saturated heterocycles. The second-order valence-corrected chi connectivity index (χ2v) is 4.50. The van der Waals surface area contributed by atoms with Crippen molar-refractivity contribution in [3.05, 3.63) is 38.4 Å². The highest BCUT2D eigenvalue weighted by atomic mass is 35.5. The summed E-state index contributed by atoms with van der Waals surface area (Å²) in [6.07, 6.45) is 1.55. The molecule has 0 amide bonds. The molecule has 5 heteroatoms. The molecule has 0 spiro atoms. The van der Waals surface area contributed by atoms with E-state index >= 15 is 0 Å². The van der Waals surface area contributed by atoms with Gasteiger partial charge in [0.25, 0.3) is 5.69 Å². The van der Waals surface area contributed by atoms with Crippen LogP contribution in [0.1, 0.15) is 11.1 Å². The first-order valence-corrected chi connectivity index (χ1v) is 5.60. The lowest BCUT2D eigenvalue weighted by atomic mass is 10.0. The molecule has 0 aliphatic carbocycles. The number of nitro groups is 1. The molecule has 0 N–H and O–H groups in total. The Morgan fingerprint density at radius 3 is 2.75 bits per heavy atom. The number of benzene rings is 1. The van der Waals surface area contributed by atoms with Gasteiger partial charge in [-0.3, -0.25) is 10.1 Å². The van der Waals surface area contributed by atoms with Crippen molar-refractivity contribution in [2.45, 2.75) is 12.8 Å². The Bertz CT molecular complexity index is 434. The third-order valence-electron chi connectivity index (χ3n) is 3.02. The zero-order valence-corrected chi connectivity index (χ0v) is 9.83. The van der Waals surface area contributed by atoms with Gasteiger partial charge in [-0.2, -0.15) is 0 Å². The highest BCUT2D eigenvalue weighted by Gasteiger charge is 2.23. The molecule has 0 radical (unpaired) electrons. The summed E-state index contributed by atoms with van der Waals surface area (Å²) in [6.45, 7) is 1.78. The van der Waals surface area contributed by atoms with Crippen molar-refractivity contribution in [2.75, 3.05) is 20.1 Å². The Balaban J connectivity index is 2.51. The van der Waals surface area contributed by atoms with E-state index in [1.165, 1.54) is 0 Å². The summed E-state index contributed by atoms with van der Waals surface area (Å²) in [7, 11) is 2.03. The summed E-state index contributed by atoms with van der Waals surface area (Å²) in [5.41, 5.74) is 1.96. The number of fused-ring (bicyclic) bond motifs is 1. The normalized spacial score (nSPS) is 16.6. The number of hydrogen-bond acceptors (Lipinski definition) is 3. The van der Waals surface area contributed by atoms with Crippen LogP contribution in [0.15, 0.2) is 12.1 Å². The Kier molecular flexibility index (Phi) is 3.12. The van der Waals surface area contributed by atoms with Gasteiger partial charge in [-0.25, -0.2) is 0 Å². The van der Waals surface area contributed by atoms with E-state index in [9.17, 15) is 10.1 Å². The van der Waals surface area contributed by atoms with Crippen LogP contribution < -0.4 is 0 Å². The standard InChI is InChI=1S/C11H13ClN2O2/c1-13-6-4-8-2-3-10(12)11(14(15)16)9(8)5-7-13/h2-3H,4-7H2,1H3. The SMILES string of the molecule is CN1CCc2ccc(Cl)c([N+](=O)[O-])c2CC1. The average molecular weight is 241 g/mol. The van der Waals surface area contributed by atoms with Gasteiger partial charge in [0.15, 0.2) is 0 Å². The molecule has 86 valence electrons. The van der Waals surface area contributed by atoms with E-state index in [1.54, 1.807) is 6.07 Å². The number of likely N-dealkylation sites (N-methyl/N-ethyl adjacent to an activating group) is 1. The first-order valence-electron chi connectivity index (χ1n) is 5.23. The molecule has 1 aromatic carbocycles. The highest BCUT2D eigenvalue weighted by molar-refractivity contribution is 6.32. The highest BCUT2D eigenvalue weighted by Crippen LogP contribution is 2.32. The van der Waals surface area contributed by atoms with Gasteiger partial charge in [0.05, 0.1) is 4.92 Å². The van der Waals surface area contributed by atoms with Gasteiger partial charge < -0.3 is 4.90 Å². The molecular weight excluding hydrogens is 228 g/mol. The van der Waals surface area contributed by atoms with Crippen LogP contribution in [0.25, 0.3) is 0 Å². The Labute approximate surface area is 99.0 Å². The fourth-order valence-electron chi connectivity index (χ4n) is 2.09. The average Bonchev–Trinajstić information content (AvgIpc) is 2.40. The Morgan fingerprint density at radius 2 is 2.06 bits per heavy atom. The molecule has 1 aliphatic heterocycles. The summed E-state index contributed by atoms with van der Waals surface area (Å²) >= 11 is 5.89. The first-order chi connectivity index (χ1) is 7.59. The van der Waals surface area contributed by atoms with Crippen LogP contribution in [0.3, 0.4) is 0 Å². The van der Waals surface area contributed by atoms with Crippen molar-refractivity contribution >= 4 is 17.3 Å². The van der Waals surface area contributed by atoms with E-state index < -0.39 is 0 Å². The van der Waals surface area contributed by atoms with Crippen LogP contribution in [-0.4, -0.2) is 30.0 Å². The summed E-state index contributed by atoms with van der Waals surface area (Å²) in [5, 5.41) is 11.2. The zero-order chi connectivity index (χ0) is 11.7. The van der Waals surface area contributed by atoms with E-state index in [2.05, 4.69) is 4.90 Å². The van der Waals surface area contributed by atoms with Gasteiger partial charge in [0.1, 0.15) is 5.02 Å². The predicted octanol–water partition coefficient (Wildman–Crippen LogP) is 2.28. The minimum Gasteiger partial charge on any atom is -0.306 e. The molecule has 0 saturated carbocycles.